The molecule has 22 heavy (non-hydrogen) atoms. The quantitative estimate of drug-likeness (QED) is 0.437. The largest absolute Gasteiger partial charge is 0.506 e. The van der Waals surface area contributed by atoms with Crippen molar-refractivity contribution in [1.82, 2.24) is 5.43 Å². The van der Waals surface area contributed by atoms with Crippen LogP contribution in [0.4, 0.5) is 0 Å². The van der Waals surface area contributed by atoms with Crippen molar-refractivity contribution >= 4 is 44.0 Å². The maximum absolute atomic E-state index is 12.0. The molecule has 1 aliphatic rings. The first kappa shape index (κ1) is 16.5. The average Bonchev–Trinajstić information content (AvgIpc) is 2.51. The summed E-state index contributed by atoms with van der Waals surface area (Å²) >= 11 is 6.67. The van der Waals surface area contributed by atoms with Gasteiger partial charge in [0, 0.05) is 25.7 Å². The van der Waals surface area contributed by atoms with Gasteiger partial charge in [0.25, 0.3) is 5.91 Å². The number of terminal acetylenes is 1. The lowest BCUT2D eigenvalue weighted by molar-refractivity contribution is 0.0955. The maximum atomic E-state index is 12.0. The number of amides is 1. The summed E-state index contributed by atoms with van der Waals surface area (Å²) in [7, 11) is 0. The van der Waals surface area contributed by atoms with Crippen LogP contribution in [0.3, 0.4) is 0 Å². The minimum Gasteiger partial charge on any atom is -0.506 e. The molecule has 112 valence electrons. The van der Waals surface area contributed by atoms with Crippen molar-refractivity contribution in [3.8, 4) is 12.3 Å². The molecule has 1 aromatic carbocycles. The van der Waals surface area contributed by atoms with E-state index < -0.39 is 0 Å². The molecule has 0 atom stereocenters. The van der Waals surface area contributed by atoms with Crippen LogP contribution in [0.1, 0.15) is 23.2 Å². The molecule has 0 radical (unpaired) electrons. The van der Waals surface area contributed by atoms with E-state index in [2.05, 4.69) is 48.3 Å². The Bertz CT molecular complexity index is 743. The van der Waals surface area contributed by atoms with Crippen molar-refractivity contribution in [2.24, 2.45) is 5.10 Å². The average molecular weight is 424 g/mol. The summed E-state index contributed by atoms with van der Waals surface area (Å²) in [4.78, 5) is 12.0. The summed E-state index contributed by atoms with van der Waals surface area (Å²) < 4.78 is 1.63. The first-order valence-corrected chi connectivity index (χ1v) is 7.99. The molecule has 0 heterocycles. The van der Waals surface area contributed by atoms with Gasteiger partial charge in [-0.05, 0) is 62.9 Å². The number of carbonyl (C=O) groups excluding carboxylic acids is 1. The second-order valence-electron chi connectivity index (χ2n) is 4.50. The van der Waals surface area contributed by atoms with Gasteiger partial charge in [-0.1, -0.05) is 12.0 Å². The number of carbonyl (C=O) groups is 1. The van der Waals surface area contributed by atoms with Crippen LogP contribution in [0.25, 0.3) is 0 Å². The Balaban J connectivity index is 2.05. The number of nitrogens with one attached hydrogen (secondary N) is 1. The highest BCUT2D eigenvalue weighted by Crippen LogP contribution is 2.24. The highest BCUT2D eigenvalue weighted by molar-refractivity contribution is 9.13. The SMILES string of the molecule is C#CC1=C(O)C(/C=N/NC(=O)c2ccc(Br)c(Br)c2)=CCC1. The van der Waals surface area contributed by atoms with Crippen molar-refractivity contribution < 1.29 is 9.90 Å². The van der Waals surface area contributed by atoms with Gasteiger partial charge in [-0.2, -0.15) is 5.10 Å². The Morgan fingerprint density at radius 1 is 1.41 bits per heavy atom. The number of allylic oxidation sites excluding steroid dienone is 3. The second-order valence-corrected chi connectivity index (χ2v) is 6.21. The Hall–Kier alpha value is -1.84. The van der Waals surface area contributed by atoms with E-state index >= 15 is 0 Å². The molecule has 0 fully saturated rings. The molecule has 2 N–H and O–H groups in total. The fourth-order valence-electron chi connectivity index (χ4n) is 1.88. The van der Waals surface area contributed by atoms with Crippen LogP contribution >= 0.6 is 31.9 Å². The van der Waals surface area contributed by atoms with Gasteiger partial charge in [-0.3, -0.25) is 4.79 Å². The molecule has 1 aliphatic carbocycles. The van der Waals surface area contributed by atoms with Crippen LogP contribution in [0.5, 0.6) is 0 Å². The molecule has 0 aromatic heterocycles. The number of aliphatic hydroxyl groups excluding tert-OH is 1. The second kappa shape index (κ2) is 7.43. The summed E-state index contributed by atoms with van der Waals surface area (Å²) in [5.41, 5.74) is 3.94. The monoisotopic (exact) mass is 422 g/mol. The Morgan fingerprint density at radius 2 is 2.18 bits per heavy atom. The number of nitrogens with zero attached hydrogens (tertiary/aromatic N) is 1. The van der Waals surface area contributed by atoms with Gasteiger partial charge in [-0.15, -0.1) is 6.42 Å². The summed E-state index contributed by atoms with van der Waals surface area (Å²) in [6, 6.07) is 5.12. The Morgan fingerprint density at radius 3 is 2.86 bits per heavy atom. The summed E-state index contributed by atoms with van der Waals surface area (Å²) in [6.07, 6.45) is 9.90. The first-order chi connectivity index (χ1) is 10.5. The molecule has 0 unspecified atom stereocenters. The lowest BCUT2D eigenvalue weighted by atomic mass is 9.98. The van der Waals surface area contributed by atoms with E-state index in [0.717, 1.165) is 15.4 Å². The molecular formula is C16H12Br2N2O2. The van der Waals surface area contributed by atoms with E-state index in [1.54, 1.807) is 18.2 Å². The molecule has 1 amide bonds. The van der Waals surface area contributed by atoms with Gasteiger partial charge in [0.2, 0.25) is 0 Å². The summed E-state index contributed by atoms with van der Waals surface area (Å²) in [5, 5.41) is 13.8. The normalized spacial score (nSPS) is 14.7. The van der Waals surface area contributed by atoms with Crippen LogP contribution in [-0.4, -0.2) is 17.2 Å². The standard InChI is InChI=1S/C16H12Br2N2O2/c1-2-10-4-3-5-12(15(10)21)9-19-20-16(22)11-6-7-13(17)14(18)8-11/h1,5-9,21H,3-4H2,(H,20,22)/b19-9+. The number of rotatable bonds is 3. The van der Waals surface area contributed by atoms with E-state index in [4.69, 9.17) is 6.42 Å². The van der Waals surface area contributed by atoms with Gasteiger partial charge in [0.15, 0.2) is 0 Å². The molecule has 6 heteroatoms. The van der Waals surface area contributed by atoms with E-state index in [1.807, 2.05) is 6.08 Å². The molecule has 0 saturated heterocycles. The van der Waals surface area contributed by atoms with Gasteiger partial charge in [0.1, 0.15) is 5.76 Å². The number of hydrazone groups is 1. The minimum absolute atomic E-state index is 0.0399. The van der Waals surface area contributed by atoms with Crippen molar-refractivity contribution in [2.75, 3.05) is 0 Å². The lowest BCUT2D eigenvalue weighted by Crippen LogP contribution is -2.18. The van der Waals surface area contributed by atoms with Crippen LogP contribution in [0.15, 0.2) is 55.2 Å². The highest BCUT2D eigenvalue weighted by Gasteiger charge is 2.12. The zero-order valence-electron chi connectivity index (χ0n) is 11.4. The molecule has 0 aliphatic heterocycles. The maximum Gasteiger partial charge on any atom is 0.271 e. The lowest BCUT2D eigenvalue weighted by Gasteiger charge is -2.10. The van der Waals surface area contributed by atoms with Crippen molar-refractivity contribution in [2.45, 2.75) is 12.8 Å². The molecule has 4 nitrogen and oxygen atoms in total. The molecule has 0 bridgehead atoms. The van der Waals surface area contributed by atoms with E-state index in [1.165, 1.54) is 6.21 Å². The topological polar surface area (TPSA) is 61.7 Å². The van der Waals surface area contributed by atoms with Gasteiger partial charge in [0.05, 0.1) is 6.21 Å². The summed E-state index contributed by atoms with van der Waals surface area (Å²) in [5.74, 6) is 2.14. The zero-order chi connectivity index (χ0) is 16.1. The van der Waals surface area contributed by atoms with Gasteiger partial charge >= 0.3 is 0 Å². The molecule has 0 spiro atoms. The Kier molecular flexibility index (Phi) is 5.58. The van der Waals surface area contributed by atoms with Gasteiger partial charge < -0.3 is 5.11 Å². The van der Waals surface area contributed by atoms with Crippen molar-refractivity contribution in [1.29, 1.82) is 0 Å². The number of benzene rings is 1. The third-order valence-corrected chi connectivity index (χ3v) is 4.92. The van der Waals surface area contributed by atoms with Crippen LogP contribution in [0, 0.1) is 12.3 Å². The third-order valence-electron chi connectivity index (χ3n) is 3.04. The van der Waals surface area contributed by atoms with Gasteiger partial charge in [-0.25, -0.2) is 5.43 Å². The first-order valence-electron chi connectivity index (χ1n) is 6.40. The van der Waals surface area contributed by atoms with E-state index in [0.29, 0.717) is 23.1 Å². The highest BCUT2D eigenvalue weighted by atomic mass is 79.9. The van der Waals surface area contributed by atoms with Crippen molar-refractivity contribution in [3.63, 3.8) is 0 Å². The fraction of sp³-hybridized carbons (Fsp3) is 0.125. The molecular weight excluding hydrogens is 412 g/mol. The van der Waals surface area contributed by atoms with E-state index in [-0.39, 0.29) is 11.7 Å². The minimum atomic E-state index is -0.346. The van der Waals surface area contributed by atoms with Crippen LogP contribution < -0.4 is 5.43 Å². The summed E-state index contributed by atoms with van der Waals surface area (Å²) in [6.45, 7) is 0. The predicted molar refractivity (Wildman–Crippen MR) is 93.6 cm³/mol. The fourth-order valence-corrected chi connectivity index (χ4v) is 2.50. The number of aliphatic hydroxyl groups is 1. The smallest absolute Gasteiger partial charge is 0.271 e. The molecule has 0 saturated carbocycles. The van der Waals surface area contributed by atoms with Crippen LogP contribution in [0.2, 0.25) is 0 Å². The van der Waals surface area contributed by atoms with Crippen LogP contribution in [-0.2, 0) is 0 Å². The number of hydrogen-bond donors (Lipinski definition) is 2. The molecule has 2 rings (SSSR count). The Labute approximate surface area is 145 Å². The zero-order valence-corrected chi connectivity index (χ0v) is 14.6. The van der Waals surface area contributed by atoms with E-state index in [9.17, 15) is 9.90 Å². The number of halogens is 2. The van der Waals surface area contributed by atoms with Crippen molar-refractivity contribution in [3.05, 3.63) is 55.7 Å². The molecule has 1 aromatic rings. The third kappa shape index (κ3) is 3.87. The predicted octanol–water partition coefficient (Wildman–Crippen LogP) is 4.09. The number of hydrogen-bond acceptors (Lipinski definition) is 3.